The Bertz CT molecular complexity index is 1300. The summed E-state index contributed by atoms with van der Waals surface area (Å²) in [6, 6.07) is 21.8. The molecule has 0 aliphatic heterocycles. The van der Waals surface area contributed by atoms with Crippen LogP contribution in [0, 0.1) is 5.92 Å². The molecule has 0 fully saturated rings. The maximum absolute atomic E-state index is 12.8. The van der Waals surface area contributed by atoms with Crippen LogP contribution in [0.15, 0.2) is 72.9 Å². The van der Waals surface area contributed by atoms with E-state index in [1.165, 1.54) is 23.8 Å². The van der Waals surface area contributed by atoms with Crippen LogP contribution in [0.25, 0.3) is 11.6 Å². The van der Waals surface area contributed by atoms with E-state index < -0.39 is 17.9 Å². The largest absolute Gasteiger partial charge is 0.467 e. The van der Waals surface area contributed by atoms with Gasteiger partial charge in [-0.25, -0.2) is 4.79 Å². The normalized spacial score (nSPS) is 13.8. The third-order valence-corrected chi connectivity index (χ3v) is 7.32. The highest BCUT2D eigenvalue weighted by Crippen LogP contribution is 2.30. The van der Waals surface area contributed by atoms with E-state index in [2.05, 4.69) is 106 Å². The van der Waals surface area contributed by atoms with Crippen LogP contribution in [-0.2, 0) is 20.4 Å². The molecule has 5 nitrogen and oxygen atoms in total. The van der Waals surface area contributed by atoms with E-state index in [9.17, 15) is 9.59 Å². The number of ether oxygens (including phenoxy) is 1. The smallest absolute Gasteiger partial charge is 0.328 e. The van der Waals surface area contributed by atoms with Crippen molar-refractivity contribution in [2.45, 2.75) is 78.2 Å². The number of aromatic nitrogens is 1. The van der Waals surface area contributed by atoms with Crippen LogP contribution in [0.5, 0.6) is 0 Å². The molecule has 40 heavy (non-hydrogen) atoms. The zero-order valence-corrected chi connectivity index (χ0v) is 25.2. The first-order valence-electron chi connectivity index (χ1n) is 14.0. The first-order chi connectivity index (χ1) is 18.8. The van der Waals surface area contributed by atoms with Gasteiger partial charge in [0.15, 0.2) is 0 Å². The average Bonchev–Trinajstić information content (AvgIpc) is 2.93. The van der Waals surface area contributed by atoms with Crippen LogP contribution in [0.3, 0.4) is 0 Å². The number of pyridine rings is 1. The Morgan fingerprint density at radius 1 is 0.875 bits per heavy atom. The summed E-state index contributed by atoms with van der Waals surface area (Å²) < 4.78 is 5.05. The van der Waals surface area contributed by atoms with Crippen molar-refractivity contribution in [1.82, 2.24) is 10.3 Å². The minimum atomic E-state index is -0.782. The quantitative estimate of drug-likeness (QED) is 0.224. The van der Waals surface area contributed by atoms with Gasteiger partial charge in [0.2, 0.25) is 0 Å². The number of rotatable bonds is 9. The number of amides is 1. The molecule has 1 amide bonds. The van der Waals surface area contributed by atoms with E-state index in [0.717, 1.165) is 17.5 Å². The predicted octanol–water partition coefficient (Wildman–Crippen LogP) is 7.61. The first kappa shape index (κ1) is 30.8. The second-order valence-electron chi connectivity index (χ2n) is 12.6. The van der Waals surface area contributed by atoms with Crippen molar-refractivity contribution < 1.29 is 14.3 Å². The van der Waals surface area contributed by atoms with Crippen molar-refractivity contribution in [2.24, 2.45) is 5.92 Å². The van der Waals surface area contributed by atoms with Gasteiger partial charge in [-0.3, -0.25) is 9.78 Å². The van der Waals surface area contributed by atoms with E-state index >= 15 is 0 Å². The van der Waals surface area contributed by atoms with Crippen molar-refractivity contribution in [3.05, 3.63) is 101 Å². The minimum absolute atomic E-state index is 0.0687. The first-order valence-corrected chi connectivity index (χ1v) is 14.0. The Morgan fingerprint density at radius 3 is 1.95 bits per heavy atom. The fourth-order valence-electron chi connectivity index (χ4n) is 4.59. The lowest BCUT2D eigenvalue weighted by Gasteiger charge is -2.24. The second kappa shape index (κ2) is 13.1. The molecule has 1 N–H and O–H groups in total. The lowest BCUT2D eigenvalue weighted by molar-refractivity contribution is -0.144. The van der Waals surface area contributed by atoms with Crippen LogP contribution in [0.1, 0.15) is 94.1 Å². The third kappa shape index (κ3) is 8.38. The monoisotopic (exact) mass is 540 g/mol. The Kier molecular flexibility index (Phi) is 10.1. The zero-order chi connectivity index (χ0) is 29.5. The summed E-state index contributed by atoms with van der Waals surface area (Å²) >= 11 is 0. The topological polar surface area (TPSA) is 68.3 Å². The molecule has 0 aliphatic rings. The molecule has 212 valence electrons. The second-order valence-corrected chi connectivity index (χ2v) is 12.6. The Labute approximate surface area is 240 Å². The lowest BCUT2D eigenvalue weighted by atomic mass is 9.85. The van der Waals surface area contributed by atoms with Crippen LogP contribution < -0.4 is 5.32 Å². The van der Waals surface area contributed by atoms with Crippen molar-refractivity contribution >= 4 is 23.5 Å². The van der Waals surface area contributed by atoms with Crippen molar-refractivity contribution in [1.29, 1.82) is 0 Å². The number of methoxy groups -OCH3 is 1. The Hall–Kier alpha value is -3.73. The number of benzene rings is 2. The van der Waals surface area contributed by atoms with Crippen molar-refractivity contribution in [3.63, 3.8) is 0 Å². The van der Waals surface area contributed by atoms with E-state index in [-0.39, 0.29) is 22.4 Å². The molecular formula is C35H44N2O3. The van der Waals surface area contributed by atoms with Gasteiger partial charge < -0.3 is 10.1 Å². The molecule has 2 aromatic carbocycles. The summed E-state index contributed by atoms with van der Waals surface area (Å²) in [4.78, 5) is 29.6. The third-order valence-electron chi connectivity index (χ3n) is 7.32. The molecule has 0 saturated heterocycles. The SMILES string of the molecule is COC(=O)[C@@H](NC(=O)c1ccccn1)[C@@H](C)CC/C(=C/c1ccc(C(C)(C)C)cc1)c1ccc(C(C)(C)C)cc1. The van der Waals surface area contributed by atoms with Crippen LogP contribution in [-0.4, -0.2) is 30.0 Å². The van der Waals surface area contributed by atoms with Gasteiger partial charge in [0.05, 0.1) is 7.11 Å². The summed E-state index contributed by atoms with van der Waals surface area (Å²) in [5, 5.41) is 2.85. The molecule has 0 aliphatic carbocycles. The summed E-state index contributed by atoms with van der Waals surface area (Å²) in [5.74, 6) is -1.02. The molecule has 1 aromatic heterocycles. The maximum atomic E-state index is 12.8. The number of allylic oxidation sites excluding steroid dienone is 1. The summed E-state index contributed by atoms with van der Waals surface area (Å²) in [6.45, 7) is 15.2. The van der Waals surface area contributed by atoms with Gasteiger partial charge in [0.1, 0.15) is 11.7 Å². The van der Waals surface area contributed by atoms with Gasteiger partial charge in [0.25, 0.3) is 5.91 Å². The van der Waals surface area contributed by atoms with Gasteiger partial charge >= 0.3 is 5.97 Å². The lowest BCUT2D eigenvalue weighted by Crippen LogP contribution is -2.46. The molecule has 5 heteroatoms. The number of esters is 1. The van der Waals surface area contributed by atoms with Gasteiger partial charge in [-0.2, -0.15) is 0 Å². The molecule has 0 spiro atoms. The number of nitrogens with zero attached hydrogens (tertiary/aromatic N) is 1. The van der Waals surface area contributed by atoms with E-state index in [1.807, 2.05) is 6.92 Å². The molecule has 0 saturated carbocycles. The summed E-state index contributed by atoms with van der Waals surface area (Å²) in [6.07, 6.45) is 5.19. The number of hydrogen-bond donors (Lipinski definition) is 1. The predicted molar refractivity (Wildman–Crippen MR) is 164 cm³/mol. The van der Waals surface area contributed by atoms with Gasteiger partial charge in [0, 0.05) is 6.20 Å². The highest BCUT2D eigenvalue weighted by atomic mass is 16.5. The summed E-state index contributed by atoms with van der Waals surface area (Å²) in [7, 11) is 1.35. The average molecular weight is 541 g/mol. The van der Waals surface area contributed by atoms with Gasteiger partial charge in [-0.15, -0.1) is 0 Å². The van der Waals surface area contributed by atoms with Gasteiger partial charge in [-0.1, -0.05) is 109 Å². The van der Waals surface area contributed by atoms with Crippen molar-refractivity contribution in [3.8, 4) is 0 Å². The summed E-state index contributed by atoms with van der Waals surface area (Å²) in [5.41, 5.74) is 6.44. The molecule has 2 atom stereocenters. The number of hydrogen-bond acceptors (Lipinski definition) is 4. The number of carbonyl (C=O) groups is 2. The zero-order valence-electron chi connectivity index (χ0n) is 25.2. The number of nitrogens with one attached hydrogen (secondary N) is 1. The van der Waals surface area contributed by atoms with E-state index in [4.69, 9.17) is 4.74 Å². The molecule has 1 heterocycles. The molecule has 3 rings (SSSR count). The molecule has 0 unspecified atom stereocenters. The fourth-order valence-corrected chi connectivity index (χ4v) is 4.59. The minimum Gasteiger partial charge on any atom is -0.467 e. The fraction of sp³-hybridized carbons (Fsp3) is 0.400. The van der Waals surface area contributed by atoms with E-state index in [0.29, 0.717) is 6.42 Å². The highest BCUT2D eigenvalue weighted by Gasteiger charge is 2.28. The molecule has 0 bridgehead atoms. The van der Waals surface area contributed by atoms with Gasteiger partial charge in [-0.05, 0) is 69.5 Å². The number of carbonyl (C=O) groups excluding carboxylic acids is 2. The standard InChI is InChI=1S/C35H44N2O3/c1-24(31(33(39)40-8)37-32(38)30-11-9-10-22-36-30)12-15-27(26-16-20-29(21-17-26)35(5,6)7)23-25-13-18-28(19-14-25)34(2,3)4/h9-11,13-14,16-24,31H,12,15H2,1-8H3,(H,37,38)/b27-23-/t24-,31-/m0/s1. The molecule has 0 radical (unpaired) electrons. The maximum Gasteiger partial charge on any atom is 0.328 e. The Balaban J connectivity index is 1.87. The van der Waals surface area contributed by atoms with Crippen LogP contribution in [0.4, 0.5) is 0 Å². The Morgan fingerprint density at radius 2 is 1.45 bits per heavy atom. The highest BCUT2D eigenvalue weighted by molar-refractivity contribution is 5.95. The molecule has 3 aromatic rings. The van der Waals surface area contributed by atoms with Crippen LogP contribution in [0.2, 0.25) is 0 Å². The van der Waals surface area contributed by atoms with Crippen molar-refractivity contribution in [2.75, 3.05) is 7.11 Å². The molecular weight excluding hydrogens is 496 g/mol. The van der Waals surface area contributed by atoms with E-state index in [1.54, 1.807) is 24.4 Å². The van der Waals surface area contributed by atoms with Crippen LogP contribution >= 0.6 is 0 Å².